The van der Waals surface area contributed by atoms with Gasteiger partial charge in [-0.1, -0.05) is 0 Å². The molecule has 18 nitrogen and oxygen atoms in total. The molecular weight excluding hydrogens is 598 g/mol. The van der Waals surface area contributed by atoms with Crippen LogP contribution in [0.25, 0.3) is 0 Å². The van der Waals surface area contributed by atoms with Crippen LogP contribution in [0.15, 0.2) is 0 Å². The molecule has 0 aliphatic carbocycles. The maximum absolute atomic E-state index is 12.2. The van der Waals surface area contributed by atoms with Crippen molar-refractivity contribution >= 4 is 41.7 Å². The highest BCUT2D eigenvalue weighted by Gasteiger charge is 2.56. The van der Waals surface area contributed by atoms with Crippen molar-refractivity contribution in [3.05, 3.63) is 0 Å². The van der Waals surface area contributed by atoms with Gasteiger partial charge >= 0.3 is 35.8 Å². The minimum atomic E-state index is -1.81. The van der Waals surface area contributed by atoms with Crippen LogP contribution >= 0.6 is 0 Å². The van der Waals surface area contributed by atoms with Gasteiger partial charge in [0, 0.05) is 48.5 Å². The summed E-state index contributed by atoms with van der Waals surface area (Å²) in [6, 6.07) is 0. The summed E-state index contributed by atoms with van der Waals surface area (Å²) in [6.07, 6.45) is -15.8. The van der Waals surface area contributed by atoms with Crippen molar-refractivity contribution in [3.63, 3.8) is 0 Å². The summed E-state index contributed by atoms with van der Waals surface area (Å²) < 4.78 is 54.5. The highest BCUT2D eigenvalue weighted by molar-refractivity contribution is 5.70. The van der Waals surface area contributed by atoms with Crippen LogP contribution in [0.5, 0.6) is 0 Å². The third-order valence-electron chi connectivity index (χ3n) is 5.90. The number of carbonyl (C=O) groups excluding carboxylic acids is 6. The van der Waals surface area contributed by atoms with Gasteiger partial charge in [-0.05, 0) is 0 Å². The Morgan fingerprint density at radius 1 is 0.545 bits per heavy atom. The topological polar surface area (TPSA) is 239 Å². The third-order valence-corrected chi connectivity index (χ3v) is 5.90. The molecule has 6 unspecified atom stereocenters. The molecule has 0 amide bonds. The fraction of sp³-hybridized carbons (Fsp3) is 0.731. The molecule has 0 bridgehead atoms. The second-order valence-electron chi connectivity index (χ2n) is 9.75. The second-order valence-corrected chi connectivity index (χ2v) is 9.75. The van der Waals surface area contributed by atoms with Crippen LogP contribution in [-0.4, -0.2) is 121 Å². The van der Waals surface area contributed by atoms with E-state index in [9.17, 15) is 33.9 Å². The van der Waals surface area contributed by atoms with Gasteiger partial charge in [0.25, 0.3) is 0 Å². The zero-order valence-corrected chi connectivity index (χ0v) is 25.2. The monoisotopic (exact) mass is 635 g/mol. The number of rotatable bonds is 11. The number of esters is 6. The van der Waals surface area contributed by atoms with E-state index in [1.54, 1.807) is 0 Å². The Morgan fingerprint density at radius 2 is 0.955 bits per heavy atom. The fourth-order valence-electron chi connectivity index (χ4n) is 4.44. The van der Waals surface area contributed by atoms with E-state index in [2.05, 4.69) is 0 Å². The number of hydrogen-bond acceptors (Lipinski definition) is 18. The molecule has 0 radical (unpaired) electrons. The summed E-state index contributed by atoms with van der Waals surface area (Å²) in [6.45, 7) is 6.50. The van der Waals surface area contributed by atoms with Gasteiger partial charge in [-0.15, -0.1) is 0 Å². The van der Waals surface area contributed by atoms with Crippen molar-refractivity contribution in [1.29, 1.82) is 5.41 Å². The SMILES string of the molecule is CC(=N)O[C@@H]1OC(COC(C)=O)[C@@H](O[C@@H]2OC(COC(C)=O)[C@@H](OC(C)=O)C(O)C2OC(C)=O)C(OC(C)=O)C1OC(C)=O. The van der Waals surface area contributed by atoms with E-state index in [4.69, 9.17) is 52.8 Å². The Balaban J connectivity index is 2.62. The largest absolute Gasteiger partial charge is 0.463 e. The first kappa shape index (κ1) is 36.3. The van der Waals surface area contributed by atoms with E-state index >= 15 is 0 Å². The van der Waals surface area contributed by atoms with E-state index < -0.39 is 110 Å². The lowest BCUT2D eigenvalue weighted by Crippen LogP contribution is -2.67. The van der Waals surface area contributed by atoms with Crippen LogP contribution < -0.4 is 0 Å². The summed E-state index contributed by atoms with van der Waals surface area (Å²) in [7, 11) is 0. The quantitative estimate of drug-likeness (QED) is 0.120. The van der Waals surface area contributed by atoms with Crippen LogP contribution in [0.4, 0.5) is 0 Å². The van der Waals surface area contributed by atoms with E-state index in [0.717, 1.165) is 41.5 Å². The number of aliphatic hydroxyl groups is 1. The first-order chi connectivity index (χ1) is 20.5. The number of ether oxygens (including phenoxy) is 10. The molecule has 18 heteroatoms. The Bertz CT molecular complexity index is 1090. The summed E-state index contributed by atoms with van der Waals surface area (Å²) in [5, 5.41) is 18.9. The van der Waals surface area contributed by atoms with Gasteiger partial charge in [0.1, 0.15) is 37.6 Å². The minimum Gasteiger partial charge on any atom is -0.463 e. The number of aliphatic hydroxyl groups excluding tert-OH is 1. The summed E-state index contributed by atoms with van der Waals surface area (Å²) in [4.78, 5) is 71.3. The molecule has 2 aliphatic heterocycles. The molecule has 2 rings (SSSR count). The molecule has 10 atom stereocenters. The van der Waals surface area contributed by atoms with Crippen molar-refractivity contribution in [3.8, 4) is 0 Å². The molecule has 0 aromatic carbocycles. The minimum absolute atomic E-state index is 0.377. The van der Waals surface area contributed by atoms with Gasteiger partial charge in [0.2, 0.25) is 12.4 Å². The van der Waals surface area contributed by atoms with Crippen LogP contribution in [0.3, 0.4) is 0 Å². The Morgan fingerprint density at radius 3 is 1.41 bits per heavy atom. The Kier molecular flexibility index (Phi) is 13.4. The van der Waals surface area contributed by atoms with Gasteiger partial charge in [-0.2, -0.15) is 0 Å². The summed E-state index contributed by atoms with van der Waals surface area (Å²) >= 11 is 0. The lowest BCUT2D eigenvalue weighted by molar-refractivity contribution is -0.355. The van der Waals surface area contributed by atoms with Gasteiger partial charge in [0.15, 0.2) is 30.5 Å². The van der Waals surface area contributed by atoms with Crippen molar-refractivity contribution in [2.24, 2.45) is 0 Å². The zero-order valence-electron chi connectivity index (χ0n) is 25.2. The summed E-state index contributed by atoms with van der Waals surface area (Å²) in [5.41, 5.74) is 0. The molecular formula is C26H37NO17. The molecule has 2 aliphatic rings. The molecule has 0 spiro atoms. The van der Waals surface area contributed by atoms with E-state index in [0.29, 0.717) is 0 Å². The lowest BCUT2D eigenvalue weighted by atomic mass is 9.96. The molecule has 2 N–H and O–H groups in total. The highest BCUT2D eigenvalue weighted by atomic mass is 16.8. The molecule has 2 saturated heterocycles. The smallest absolute Gasteiger partial charge is 0.303 e. The first-order valence-corrected chi connectivity index (χ1v) is 13.3. The normalized spacial score (nSPS) is 31.5. The van der Waals surface area contributed by atoms with Crippen LogP contribution in [0.2, 0.25) is 0 Å². The average molecular weight is 636 g/mol. The maximum atomic E-state index is 12.2. The molecule has 2 heterocycles. The van der Waals surface area contributed by atoms with Crippen molar-refractivity contribution < 1.29 is 81.2 Å². The molecule has 0 aromatic heterocycles. The van der Waals surface area contributed by atoms with Crippen LogP contribution in [0.1, 0.15) is 48.5 Å². The Labute approximate surface area is 251 Å². The zero-order chi connectivity index (χ0) is 33.3. The molecule has 248 valence electrons. The van der Waals surface area contributed by atoms with Gasteiger partial charge < -0.3 is 52.5 Å². The second kappa shape index (κ2) is 16.3. The number of nitrogens with one attached hydrogen (secondary N) is 1. The fourth-order valence-corrected chi connectivity index (χ4v) is 4.44. The molecule has 0 saturated carbocycles. The predicted molar refractivity (Wildman–Crippen MR) is 138 cm³/mol. The number of carbonyl (C=O) groups is 6. The van der Waals surface area contributed by atoms with Crippen molar-refractivity contribution in [1.82, 2.24) is 0 Å². The van der Waals surface area contributed by atoms with Crippen molar-refractivity contribution in [2.45, 2.75) is 110 Å². The van der Waals surface area contributed by atoms with E-state index in [1.807, 2.05) is 0 Å². The van der Waals surface area contributed by atoms with E-state index in [1.165, 1.54) is 6.92 Å². The maximum Gasteiger partial charge on any atom is 0.303 e. The Hall–Kier alpha value is -3.87. The molecule has 44 heavy (non-hydrogen) atoms. The summed E-state index contributed by atoms with van der Waals surface area (Å²) in [5.74, 6) is -5.37. The van der Waals surface area contributed by atoms with Gasteiger partial charge in [-0.3, -0.25) is 34.2 Å². The van der Waals surface area contributed by atoms with Crippen LogP contribution in [-0.2, 0) is 76.1 Å². The van der Waals surface area contributed by atoms with Crippen molar-refractivity contribution in [2.75, 3.05) is 13.2 Å². The molecule has 2 fully saturated rings. The average Bonchev–Trinajstić information content (AvgIpc) is 2.87. The van der Waals surface area contributed by atoms with E-state index in [-0.39, 0.29) is 5.90 Å². The lowest BCUT2D eigenvalue weighted by Gasteiger charge is -2.48. The third kappa shape index (κ3) is 10.7. The van der Waals surface area contributed by atoms with Gasteiger partial charge in [0.05, 0.1) is 0 Å². The van der Waals surface area contributed by atoms with Gasteiger partial charge in [-0.25, -0.2) is 0 Å². The molecule has 0 aromatic rings. The highest BCUT2D eigenvalue weighted by Crippen LogP contribution is 2.34. The van der Waals surface area contributed by atoms with Crippen LogP contribution in [0, 0.1) is 5.41 Å². The standard InChI is InChI=1S/C26H37NO17/c1-10(27)37-26-24(41-16(7)33)23(40-15(6)32)21(18(43-26)9-36-12(3)29)44-25-22(39-14(5)31)19(34)20(38-13(4)30)17(42-25)8-35-11(2)28/h17-27,34H,8-9H2,1-7H3/t17?,18?,19?,20-,21-,22?,23?,24?,25+,26-/m1/s1. The number of hydrogen-bond donors (Lipinski definition) is 2. The predicted octanol–water partition coefficient (Wildman–Crippen LogP) is -0.951. The first-order valence-electron chi connectivity index (χ1n) is 13.3.